The van der Waals surface area contributed by atoms with Gasteiger partial charge in [0.05, 0.1) is 0 Å². The van der Waals surface area contributed by atoms with Crippen LogP contribution in [-0.4, -0.2) is 7.28 Å². The minimum absolute atomic E-state index is 1.06. The summed E-state index contributed by atoms with van der Waals surface area (Å²) in [7, 11) is 2.55. The summed E-state index contributed by atoms with van der Waals surface area (Å²) in [6, 6.07) is 0. The normalized spacial score (nSPS) is 41.8. The lowest BCUT2D eigenvalue weighted by atomic mass is 9.97. The van der Waals surface area contributed by atoms with Crippen molar-refractivity contribution in [3.8, 4) is 0 Å². The second-order valence-electron chi connectivity index (χ2n) is 3.51. The molecule has 0 bridgehead atoms. The van der Waals surface area contributed by atoms with Crippen LogP contribution in [0, 0.1) is 0 Å². The third kappa shape index (κ3) is 1.31. The molecule has 0 nitrogen and oxygen atoms in total. The van der Waals surface area contributed by atoms with E-state index in [0.29, 0.717) is 0 Å². The van der Waals surface area contributed by atoms with Gasteiger partial charge in [-0.15, -0.1) is 0 Å². The van der Waals surface area contributed by atoms with Gasteiger partial charge in [-0.25, -0.2) is 0 Å². The van der Waals surface area contributed by atoms with E-state index < -0.39 is 0 Å². The highest BCUT2D eigenvalue weighted by Gasteiger charge is 2.37. The third-order valence-corrected chi connectivity index (χ3v) is 2.73. The summed E-state index contributed by atoms with van der Waals surface area (Å²) < 4.78 is 0. The van der Waals surface area contributed by atoms with Crippen LogP contribution >= 0.6 is 0 Å². The summed E-state index contributed by atoms with van der Waals surface area (Å²) in [4.78, 5) is 0. The Kier molecular flexibility index (Phi) is 1.53. The number of hydrogen-bond acceptors (Lipinski definition) is 0. The second-order valence-corrected chi connectivity index (χ2v) is 3.51. The van der Waals surface area contributed by atoms with Gasteiger partial charge in [0, 0.05) is 0 Å². The summed E-state index contributed by atoms with van der Waals surface area (Å²) >= 11 is 0. The van der Waals surface area contributed by atoms with Gasteiger partial charge < -0.3 is 0 Å². The molecule has 1 saturated heterocycles. The molecule has 2 unspecified atom stereocenters. The maximum atomic E-state index is 2.55. The van der Waals surface area contributed by atoms with Crippen LogP contribution in [0.3, 0.4) is 0 Å². The molecule has 1 saturated carbocycles. The van der Waals surface area contributed by atoms with Crippen molar-refractivity contribution in [1.29, 1.82) is 0 Å². The Balaban J connectivity index is 1.81. The van der Waals surface area contributed by atoms with Gasteiger partial charge in [0.15, 0.2) is 0 Å². The standard InChI is InChI=1S/C8H14B/c1-2-4-6-8-7(9-8)5-3-1/h7-8H,1-6H2. The molecule has 1 radical (unpaired) electrons. The molecule has 2 fully saturated rings. The summed E-state index contributed by atoms with van der Waals surface area (Å²) in [5.41, 5.74) is 0. The van der Waals surface area contributed by atoms with Crippen molar-refractivity contribution in [2.24, 2.45) is 0 Å². The fraction of sp³-hybridized carbons (Fsp3) is 1.00. The van der Waals surface area contributed by atoms with Crippen molar-refractivity contribution < 1.29 is 0 Å². The van der Waals surface area contributed by atoms with Gasteiger partial charge in [-0.05, 0) is 0 Å². The second kappa shape index (κ2) is 2.36. The Bertz CT molecular complexity index is 88.7. The zero-order valence-corrected chi connectivity index (χ0v) is 5.97. The van der Waals surface area contributed by atoms with E-state index in [-0.39, 0.29) is 0 Å². The number of fused-ring (bicyclic) bond motifs is 1. The maximum Gasteiger partial charge on any atom is 0.116 e. The van der Waals surface area contributed by atoms with Gasteiger partial charge in [0.2, 0.25) is 0 Å². The number of hydrogen-bond donors (Lipinski definition) is 0. The average molecular weight is 121 g/mol. The molecular weight excluding hydrogens is 107 g/mol. The van der Waals surface area contributed by atoms with Crippen LogP contribution in [-0.2, 0) is 0 Å². The van der Waals surface area contributed by atoms with Crippen LogP contribution in [0.25, 0.3) is 0 Å². The van der Waals surface area contributed by atoms with Crippen LogP contribution in [0.5, 0.6) is 0 Å². The molecular formula is C8H14B. The van der Waals surface area contributed by atoms with Crippen LogP contribution in [0.4, 0.5) is 0 Å². The van der Waals surface area contributed by atoms with Gasteiger partial charge in [-0.2, -0.15) is 0 Å². The first-order chi connectivity index (χ1) is 4.47. The van der Waals surface area contributed by atoms with E-state index in [1.54, 1.807) is 0 Å². The van der Waals surface area contributed by atoms with Crippen molar-refractivity contribution in [3.63, 3.8) is 0 Å². The summed E-state index contributed by atoms with van der Waals surface area (Å²) in [6.45, 7) is 0. The quantitative estimate of drug-likeness (QED) is 0.432. The van der Waals surface area contributed by atoms with Crippen LogP contribution in [0.1, 0.15) is 38.5 Å². The Morgan fingerprint density at radius 2 is 1.33 bits per heavy atom. The van der Waals surface area contributed by atoms with E-state index in [2.05, 4.69) is 7.28 Å². The van der Waals surface area contributed by atoms with E-state index >= 15 is 0 Å². The summed E-state index contributed by atoms with van der Waals surface area (Å²) in [5, 5.41) is 0. The molecule has 1 heteroatoms. The van der Waals surface area contributed by atoms with E-state index in [9.17, 15) is 0 Å². The average Bonchev–Trinajstić information content (AvgIpc) is 2.46. The molecule has 0 spiro atoms. The van der Waals surface area contributed by atoms with E-state index in [4.69, 9.17) is 0 Å². The smallest absolute Gasteiger partial charge is 0.0727 e. The van der Waals surface area contributed by atoms with Gasteiger partial charge >= 0.3 is 0 Å². The molecule has 2 rings (SSSR count). The predicted octanol–water partition coefficient (Wildman–Crippen LogP) is 2.64. The van der Waals surface area contributed by atoms with Gasteiger partial charge in [-0.1, -0.05) is 50.2 Å². The van der Waals surface area contributed by atoms with Crippen molar-refractivity contribution in [2.75, 3.05) is 0 Å². The Morgan fingerprint density at radius 3 is 1.89 bits per heavy atom. The zero-order chi connectivity index (χ0) is 6.10. The van der Waals surface area contributed by atoms with Gasteiger partial charge in [-0.3, -0.25) is 0 Å². The molecule has 0 aromatic heterocycles. The van der Waals surface area contributed by atoms with Gasteiger partial charge in [0.25, 0.3) is 0 Å². The van der Waals surface area contributed by atoms with E-state index in [1.165, 1.54) is 38.5 Å². The minimum Gasteiger partial charge on any atom is -0.0727 e. The first-order valence-corrected chi connectivity index (χ1v) is 4.32. The Labute approximate surface area is 58.3 Å². The summed E-state index contributed by atoms with van der Waals surface area (Å²) in [5.74, 6) is 2.12. The van der Waals surface area contributed by atoms with Crippen molar-refractivity contribution in [1.82, 2.24) is 0 Å². The maximum absolute atomic E-state index is 2.55. The largest absolute Gasteiger partial charge is 0.116 e. The fourth-order valence-electron chi connectivity index (χ4n) is 1.99. The van der Waals surface area contributed by atoms with Crippen LogP contribution < -0.4 is 0 Å². The highest BCUT2D eigenvalue weighted by atomic mass is 14.3. The molecule has 1 heterocycles. The molecule has 9 heavy (non-hydrogen) atoms. The molecule has 0 amide bonds. The lowest BCUT2D eigenvalue weighted by molar-refractivity contribution is 0.544. The molecule has 1 aliphatic heterocycles. The lowest BCUT2D eigenvalue weighted by Gasteiger charge is -2.06. The lowest BCUT2D eigenvalue weighted by Crippen LogP contribution is -1.84. The monoisotopic (exact) mass is 121 g/mol. The van der Waals surface area contributed by atoms with Crippen molar-refractivity contribution in [2.45, 2.75) is 50.2 Å². The highest BCUT2D eigenvalue weighted by Crippen LogP contribution is 2.50. The van der Waals surface area contributed by atoms with Crippen molar-refractivity contribution in [3.05, 3.63) is 0 Å². The Morgan fingerprint density at radius 1 is 0.778 bits per heavy atom. The predicted molar refractivity (Wildman–Crippen MR) is 41.0 cm³/mol. The Hall–Kier alpha value is 0.0649. The fourth-order valence-corrected chi connectivity index (χ4v) is 1.99. The molecule has 2 atom stereocenters. The molecule has 1 aliphatic carbocycles. The van der Waals surface area contributed by atoms with E-state index in [0.717, 1.165) is 11.6 Å². The molecule has 0 aromatic rings. The first kappa shape index (κ1) is 5.82. The van der Waals surface area contributed by atoms with Crippen molar-refractivity contribution >= 4 is 7.28 Å². The molecule has 0 aromatic carbocycles. The van der Waals surface area contributed by atoms with Crippen LogP contribution in [0.2, 0.25) is 11.6 Å². The van der Waals surface area contributed by atoms with Crippen LogP contribution in [0.15, 0.2) is 0 Å². The molecule has 0 N–H and O–H groups in total. The number of rotatable bonds is 0. The molecule has 49 valence electrons. The topological polar surface area (TPSA) is 0 Å². The zero-order valence-electron chi connectivity index (χ0n) is 5.97. The molecule has 2 aliphatic rings. The highest BCUT2D eigenvalue weighted by molar-refractivity contribution is 6.53. The minimum atomic E-state index is 1.06. The summed E-state index contributed by atoms with van der Waals surface area (Å²) in [6.07, 6.45) is 9.00. The third-order valence-electron chi connectivity index (χ3n) is 2.73. The van der Waals surface area contributed by atoms with Gasteiger partial charge in [0.1, 0.15) is 7.28 Å². The first-order valence-electron chi connectivity index (χ1n) is 4.32. The van der Waals surface area contributed by atoms with E-state index in [1.807, 2.05) is 0 Å². The SMILES string of the molecule is [B]1C2CCCCCCC12.